The van der Waals surface area contributed by atoms with Crippen molar-refractivity contribution in [2.75, 3.05) is 5.43 Å². The Balaban J connectivity index is 0. The molecule has 0 saturated heterocycles. The van der Waals surface area contributed by atoms with Crippen LogP contribution >= 0.6 is 24.0 Å². The molecule has 12 heavy (non-hydrogen) atoms. The lowest BCUT2D eigenvalue weighted by molar-refractivity contribution is 0.628. The largest absolute Gasteiger partial charge is 0.323 e. The van der Waals surface area contributed by atoms with Gasteiger partial charge in [-0.2, -0.15) is 0 Å². The number of anilines is 1. The topological polar surface area (TPSA) is 38.0 Å². The number of hydrogen-bond acceptors (Lipinski definition) is 2. The number of hydrazine groups is 1. The van der Waals surface area contributed by atoms with Crippen LogP contribution in [0.25, 0.3) is 0 Å². The van der Waals surface area contributed by atoms with Crippen LogP contribution in [0.5, 0.6) is 0 Å². The molecule has 1 aromatic rings. The molecule has 0 spiro atoms. The first-order chi connectivity index (χ1) is 4.75. The maximum absolute atomic E-state index is 12.5. The first-order valence-electron chi connectivity index (χ1n) is 2.66. The second-order valence-corrected chi connectivity index (χ2v) is 2.12. The smallest absolute Gasteiger partial charge is 0.143 e. The van der Waals surface area contributed by atoms with Crippen molar-refractivity contribution in [2.45, 2.75) is 7.43 Å². The predicted molar refractivity (Wildman–Crippen MR) is 53.2 cm³/mol. The minimum atomic E-state index is -0.475. The third-order valence-corrected chi connectivity index (χ3v) is 1.49. The lowest BCUT2D eigenvalue weighted by Gasteiger charge is -2.01. The molecule has 0 fully saturated rings. The van der Waals surface area contributed by atoms with Crippen LogP contribution in [0.15, 0.2) is 18.2 Å². The van der Waals surface area contributed by atoms with Gasteiger partial charge in [-0.25, -0.2) is 4.39 Å². The van der Waals surface area contributed by atoms with Gasteiger partial charge in [-0.1, -0.05) is 25.1 Å². The summed E-state index contributed by atoms with van der Waals surface area (Å²) in [6, 6.07) is 4.38. The van der Waals surface area contributed by atoms with Gasteiger partial charge in [0.1, 0.15) is 10.8 Å². The second kappa shape index (κ2) is 6.06. The molecule has 0 aliphatic heterocycles. The summed E-state index contributed by atoms with van der Waals surface area (Å²) in [5, 5.41) is 0.0185. The maximum Gasteiger partial charge on any atom is 0.143 e. The lowest BCUT2D eigenvalue weighted by Crippen LogP contribution is -2.07. The molecule has 70 valence electrons. The number of nitrogens with two attached hydrogens (primary N) is 1. The van der Waals surface area contributed by atoms with E-state index in [0.717, 1.165) is 0 Å². The standard InChI is InChI=1S/C6H6ClFN2.CH4.ClH/c7-6-4(8)2-1-3-5(6)10-9;;/h1-3,10H,9H2;1H4;1H. The van der Waals surface area contributed by atoms with Gasteiger partial charge < -0.3 is 5.43 Å². The van der Waals surface area contributed by atoms with Gasteiger partial charge in [-0.3, -0.25) is 5.84 Å². The van der Waals surface area contributed by atoms with Crippen LogP contribution in [0, 0.1) is 5.82 Å². The van der Waals surface area contributed by atoms with E-state index < -0.39 is 5.82 Å². The molecule has 0 radical (unpaired) electrons. The van der Waals surface area contributed by atoms with Crippen LogP contribution in [0.3, 0.4) is 0 Å². The normalized spacial score (nSPS) is 7.92. The predicted octanol–water partition coefficient (Wildman–Crippen LogP) is 2.82. The van der Waals surface area contributed by atoms with E-state index in [1.54, 1.807) is 6.07 Å². The summed E-state index contributed by atoms with van der Waals surface area (Å²) < 4.78 is 12.5. The Hall–Kier alpha value is -0.510. The first-order valence-corrected chi connectivity index (χ1v) is 3.04. The van der Waals surface area contributed by atoms with Crippen molar-refractivity contribution in [1.82, 2.24) is 0 Å². The number of nitrogen functional groups attached to an aromatic ring is 1. The summed E-state index contributed by atoms with van der Waals surface area (Å²) in [6.45, 7) is 0. The van der Waals surface area contributed by atoms with Crippen molar-refractivity contribution in [1.29, 1.82) is 0 Å². The molecule has 0 amide bonds. The molecule has 0 aliphatic carbocycles. The van der Waals surface area contributed by atoms with Crippen molar-refractivity contribution >= 4 is 29.7 Å². The highest BCUT2D eigenvalue weighted by molar-refractivity contribution is 6.33. The van der Waals surface area contributed by atoms with E-state index >= 15 is 0 Å². The zero-order valence-electron chi connectivity index (χ0n) is 5.47. The van der Waals surface area contributed by atoms with E-state index in [9.17, 15) is 4.39 Å². The van der Waals surface area contributed by atoms with E-state index in [1.807, 2.05) is 0 Å². The van der Waals surface area contributed by atoms with Crippen molar-refractivity contribution < 1.29 is 4.39 Å². The van der Waals surface area contributed by atoms with Crippen molar-refractivity contribution in [3.8, 4) is 0 Å². The zero-order chi connectivity index (χ0) is 7.56. The van der Waals surface area contributed by atoms with Gasteiger partial charge in [0.05, 0.1) is 5.69 Å². The summed E-state index contributed by atoms with van der Waals surface area (Å²) in [4.78, 5) is 0. The molecular weight excluding hydrogens is 202 g/mol. The first kappa shape index (κ1) is 14.0. The molecular formula is C7H11Cl2FN2. The quantitative estimate of drug-likeness (QED) is 0.556. The number of hydrogen-bond donors (Lipinski definition) is 2. The monoisotopic (exact) mass is 212 g/mol. The molecule has 0 atom stereocenters. The second-order valence-electron chi connectivity index (χ2n) is 1.75. The van der Waals surface area contributed by atoms with Gasteiger partial charge in [0.15, 0.2) is 0 Å². The molecule has 5 heteroatoms. The third kappa shape index (κ3) is 2.85. The molecule has 0 saturated carbocycles. The van der Waals surface area contributed by atoms with Gasteiger partial charge >= 0.3 is 0 Å². The zero-order valence-corrected chi connectivity index (χ0v) is 7.05. The molecule has 2 nitrogen and oxygen atoms in total. The van der Waals surface area contributed by atoms with Gasteiger partial charge in [0, 0.05) is 0 Å². The highest BCUT2D eigenvalue weighted by Crippen LogP contribution is 2.22. The van der Waals surface area contributed by atoms with Crippen LogP contribution in [0.4, 0.5) is 10.1 Å². The van der Waals surface area contributed by atoms with Gasteiger partial charge in [0.2, 0.25) is 0 Å². The fourth-order valence-corrected chi connectivity index (χ4v) is 0.796. The van der Waals surface area contributed by atoms with Gasteiger partial charge in [-0.15, -0.1) is 12.4 Å². The molecule has 0 unspecified atom stereocenters. The minimum absolute atomic E-state index is 0. The van der Waals surface area contributed by atoms with Gasteiger partial charge in [0.25, 0.3) is 0 Å². The van der Waals surface area contributed by atoms with Crippen molar-refractivity contribution in [3.05, 3.63) is 29.0 Å². The molecule has 0 aromatic heterocycles. The number of halogens is 3. The Morgan fingerprint density at radius 2 is 2.00 bits per heavy atom. The SMILES string of the molecule is C.Cl.NNc1cccc(F)c1Cl. The van der Waals surface area contributed by atoms with E-state index in [2.05, 4.69) is 5.43 Å². The Bertz CT molecular complexity index is 243. The Labute approximate surface area is 82.3 Å². The Kier molecular flexibility index (Phi) is 7.09. The number of benzene rings is 1. The van der Waals surface area contributed by atoms with E-state index in [-0.39, 0.29) is 24.9 Å². The third-order valence-electron chi connectivity index (χ3n) is 1.11. The van der Waals surface area contributed by atoms with Crippen LogP contribution < -0.4 is 11.3 Å². The van der Waals surface area contributed by atoms with Crippen molar-refractivity contribution in [2.24, 2.45) is 5.84 Å². The average molecular weight is 213 g/mol. The molecule has 0 heterocycles. The van der Waals surface area contributed by atoms with Gasteiger partial charge in [-0.05, 0) is 12.1 Å². The fourth-order valence-electron chi connectivity index (χ4n) is 0.615. The van der Waals surface area contributed by atoms with Crippen LogP contribution in [-0.2, 0) is 0 Å². The van der Waals surface area contributed by atoms with Crippen LogP contribution in [-0.4, -0.2) is 0 Å². The van der Waals surface area contributed by atoms with Crippen molar-refractivity contribution in [3.63, 3.8) is 0 Å². The summed E-state index contributed by atoms with van der Waals surface area (Å²) in [6.07, 6.45) is 0. The van der Waals surface area contributed by atoms with Crippen LogP contribution in [0.1, 0.15) is 7.43 Å². The fraction of sp³-hybridized carbons (Fsp3) is 0.143. The Morgan fingerprint density at radius 1 is 1.42 bits per heavy atom. The molecule has 3 N–H and O–H groups in total. The van der Waals surface area contributed by atoms with E-state index in [1.165, 1.54) is 12.1 Å². The maximum atomic E-state index is 12.5. The molecule has 0 bridgehead atoms. The highest BCUT2D eigenvalue weighted by Gasteiger charge is 2.01. The van der Waals surface area contributed by atoms with Crippen LogP contribution in [0.2, 0.25) is 5.02 Å². The average Bonchev–Trinajstić information content (AvgIpc) is 1.95. The Morgan fingerprint density at radius 3 is 2.42 bits per heavy atom. The van der Waals surface area contributed by atoms with E-state index in [0.29, 0.717) is 5.69 Å². The molecule has 1 aromatic carbocycles. The van der Waals surface area contributed by atoms with E-state index in [4.69, 9.17) is 17.4 Å². The highest BCUT2D eigenvalue weighted by atomic mass is 35.5. The lowest BCUT2D eigenvalue weighted by atomic mass is 10.3. The summed E-state index contributed by atoms with van der Waals surface area (Å²) in [7, 11) is 0. The molecule has 1 rings (SSSR count). The summed E-state index contributed by atoms with van der Waals surface area (Å²) in [5.41, 5.74) is 2.65. The number of rotatable bonds is 1. The number of nitrogens with one attached hydrogen (secondary N) is 1. The summed E-state index contributed by atoms with van der Waals surface area (Å²) >= 11 is 5.48. The minimum Gasteiger partial charge on any atom is -0.323 e. The molecule has 0 aliphatic rings. The summed E-state index contributed by atoms with van der Waals surface area (Å²) in [5.74, 6) is 4.54.